The fraction of sp³-hybridized carbons (Fsp3) is 0.167. The fourth-order valence-corrected chi connectivity index (χ4v) is 15.7. The summed E-state index contributed by atoms with van der Waals surface area (Å²) in [5, 5.41) is 10.0. The third-order valence-electron chi connectivity index (χ3n) is 21.3. The number of amides is 3. The van der Waals surface area contributed by atoms with Gasteiger partial charge in [-0.2, -0.15) is 0 Å². The Morgan fingerprint density at radius 1 is 0.440 bits per heavy atom. The molecule has 0 spiro atoms. The molecule has 0 bridgehead atoms. The molecule has 0 saturated heterocycles. The molecule has 0 unspecified atom stereocenters. The van der Waals surface area contributed by atoms with Crippen LogP contribution in [0.4, 0.5) is 35.1 Å². The number of imidazole rings is 1. The van der Waals surface area contributed by atoms with Gasteiger partial charge in [-0.25, -0.2) is 40.1 Å². The molecule has 125 heavy (non-hydrogen) atoms. The highest BCUT2D eigenvalue weighted by Gasteiger charge is 2.29. The molecule has 3 atom stereocenters. The molecule has 16 rings (SSSR count). The highest BCUT2D eigenvalue weighted by molar-refractivity contribution is 5.98. The zero-order valence-corrected chi connectivity index (χ0v) is 68.8. The van der Waals surface area contributed by atoms with Gasteiger partial charge in [0.2, 0.25) is 11.8 Å². The maximum absolute atomic E-state index is 14.8. The number of nitrogens with zero attached hydrogens (tertiary/aromatic N) is 5. The van der Waals surface area contributed by atoms with Crippen LogP contribution in [0.25, 0.3) is 77.3 Å². The Bertz CT molecular complexity index is 6580. The number of fused-ring (bicyclic) bond motifs is 3. The summed E-state index contributed by atoms with van der Waals surface area (Å²) < 4.78 is 115. The first kappa shape index (κ1) is 86.8. The minimum atomic E-state index is -0.743. The molecule has 0 fully saturated rings. The molecule has 630 valence electrons. The lowest BCUT2D eigenvalue weighted by molar-refractivity contribution is -0.122. The summed E-state index contributed by atoms with van der Waals surface area (Å²) in [4.78, 5) is 89.9. The first-order valence-electron chi connectivity index (χ1n) is 40.5. The Labute approximate surface area is 716 Å². The zero-order valence-electron chi connectivity index (χ0n) is 68.8. The summed E-state index contributed by atoms with van der Waals surface area (Å²) in [7, 11) is 1.55. The Hall–Kier alpha value is -14.6. The van der Waals surface area contributed by atoms with Crippen LogP contribution in [0.2, 0.25) is 0 Å². The lowest BCUT2D eigenvalue weighted by Crippen LogP contribution is -2.33. The van der Waals surface area contributed by atoms with Crippen molar-refractivity contribution in [2.45, 2.75) is 97.2 Å². The van der Waals surface area contributed by atoms with Gasteiger partial charge in [-0.1, -0.05) is 130 Å². The van der Waals surface area contributed by atoms with Gasteiger partial charge in [0.05, 0.1) is 58.5 Å². The number of aromatic amines is 2. The number of rotatable bonds is 26. The highest BCUT2D eigenvalue weighted by Crippen LogP contribution is 2.38. The van der Waals surface area contributed by atoms with Gasteiger partial charge in [0.1, 0.15) is 58.9 Å². The smallest absolute Gasteiger partial charge is 0.251 e. The van der Waals surface area contributed by atoms with Crippen LogP contribution in [0.1, 0.15) is 123 Å². The number of carbonyl (C=O) groups excluding carboxylic acids is 5. The van der Waals surface area contributed by atoms with Crippen LogP contribution >= 0.6 is 0 Å². The second-order valence-corrected chi connectivity index (χ2v) is 32.0. The lowest BCUT2D eigenvalue weighted by atomic mass is 9.84. The molecule has 0 aliphatic carbocycles. The van der Waals surface area contributed by atoms with Gasteiger partial charge in [-0.15, -0.1) is 0 Å². The Morgan fingerprint density at radius 2 is 0.936 bits per heavy atom. The first-order chi connectivity index (χ1) is 60.2. The van der Waals surface area contributed by atoms with Crippen LogP contribution in [0.3, 0.4) is 0 Å². The summed E-state index contributed by atoms with van der Waals surface area (Å²) in [5.74, 6) is -6.60. The molecule has 15 nitrogen and oxygen atoms in total. The van der Waals surface area contributed by atoms with E-state index in [0.29, 0.717) is 89.9 Å². The van der Waals surface area contributed by atoms with Crippen molar-refractivity contribution in [3.63, 3.8) is 0 Å². The summed E-state index contributed by atoms with van der Waals surface area (Å²) in [6.07, 6.45) is 10.5. The van der Waals surface area contributed by atoms with E-state index in [9.17, 15) is 59.1 Å². The number of pyridine rings is 3. The molecule has 0 aliphatic heterocycles. The van der Waals surface area contributed by atoms with Crippen molar-refractivity contribution in [3.05, 3.63) is 394 Å². The minimum absolute atomic E-state index is 0.00162. The number of H-pyrrole nitrogens is 2. The molecular formula is C102H86F8N10O5. The number of halogens is 8. The van der Waals surface area contributed by atoms with Crippen molar-refractivity contribution in [3.8, 4) is 44.5 Å². The SMILES string of the molecule is CC(C)(C)CC(=O)c1cc(-c2cccnc2[C@@H](CC(=O)Cc2c[nH]c3ccc(F)cc23)Cc2cc(F)cc(F)c2)ccc1F.CNC(=O)c1cccc(-c2cccnc2[C@H](Cc2cc(F)cc(F)c2)NC(=O)Cn2cnc3ccccc32)c1.Cc1cc(F)cc(C[C@H](NC(=O)Cc2c[nH]c3ccc(F)cc23)c2ncccc2-c2ccc(-c3ccccc3)cc2)c1. The number of Topliss-reactive ketones (excluding diaryl/α,β-unsaturated/α-hetero) is 2. The number of benzene rings is 10. The predicted molar refractivity (Wildman–Crippen MR) is 469 cm³/mol. The molecule has 5 N–H and O–H groups in total. The number of nitrogens with one attached hydrogen (secondary N) is 5. The van der Waals surface area contributed by atoms with Crippen molar-refractivity contribution < 1.29 is 59.1 Å². The number of aromatic nitrogens is 7. The summed E-state index contributed by atoms with van der Waals surface area (Å²) in [6, 6.07) is 66.9. The standard InChI is InChI=1S/C36H32F4N2O2.C36H29F2N3O.C30H25F2N5O2/c1-36(2,3)19-34(44)31-16-22(6-8-32(31)40)29-5-4-10-41-35(29)23(11-21-12-26(38)17-27(39)13-21)14-28(43)15-24-20-42-33-9-7-25(37)18-30(24)33;1-23-16-24(18-30(38)17-23)19-34(41-35(42)20-28-22-40-33-14-13-29(37)21-32(28)33)36-31(8-5-15-39-36)27-11-9-26(10-12-27)25-6-3-2-4-7-25;1-33-30(39)21-7-4-6-20(15-21)24-8-5-11-34-29(24)26(14-19-12-22(31)16-23(32)13-19)36-28(38)17-37-18-35-25-9-2-3-10-27(25)37/h4-10,12-13,16-18,20,23,42H,11,14-15,19H2,1-3H3;2-18,21-22,34,40H,19-20H2,1H3,(H,41,42);2-13,15-16,18,26H,14,17H2,1H3,(H,33,39)(H,36,38)/t23-;34-;26-/m100/s1. The number of hydrogen-bond donors (Lipinski definition) is 5. The van der Waals surface area contributed by atoms with Gasteiger partial charge >= 0.3 is 0 Å². The van der Waals surface area contributed by atoms with E-state index >= 15 is 0 Å². The zero-order chi connectivity index (χ0) is 88.0. The monoisotopic (exact) mass is 1680 g/mol. The number of aryl methyl sites for hydroxylation is 1. The van der Waals surface area contributed by atoms with Crippen LogP contribution in [-0.4, -0.2) is 70.8 Å². The molecule has 6 heterocycles. The topological polar surface area (TPSA) is 210 Å². The summed E-state index contributed by atoms with van der Waals surface area (Å²) in [5.41, 5.74) is 14.9. The average Bonchev–Trinajstić information content (AvgIpc) is 1.13. The Balaban J connectivity index is 0.000000153. The van der Waals surface area contributed by atoms with Gasteiger partial charge in [-0.3, -0.25) is 38.9 Å². The molecular weight excluding hydrogens is 1600 g/mol. The third-order valence-corrected chi connectivity index (χ3v) is 21.3. The number of hydrogen-bond acceptors (Lipinski definition) is 9. The first-order valence-corrected chi connectivity index (χ1v) is 40.5. The van der Waals surface area contributed by atoms with E-state index in [1.165, 1.54) is 72.8 Å². The highest BCUT2D eigenvalue weighted by atomic mass is 19.2. The normalized spacial score (nSPS) is 12.0. The second-order valence-electron chi connectivity index (χ2n) is 32.0. The van der Waals surface area contributed by atoms with Crippen LogP contribution in [-0.2, 0) is 53.0 Å². The lowest BCUT2D eigenvalue weighted by Gasteiger charge is -2.22. The maximum Gasteiger partial charge on any atom is 0.251 e. The van der Waals surface area contributed by atoms with E-state index < -0.39 is 52.9 Å². The molecule has 3 amide bonds. The molecule has 6 aromatic heterocycles. The summed E-state index contributed by atoms with van der Waals surface area (Å²) >= 11 is 0. The quantitative estimate of drug-likeness (QED) is 0.0258. The largest absolute Gasteiger partial charge is 0.361 e. The van der Waals surface area contributed by atoms with E-state index in [1.54, 1.807) is 104 Å². The molecule has 10 aromatic carbocycles. The fourth-order valence-electron chi connectivity index (χ4n) is 15.7. The Kier molecular flexibility index (Phi) is 27.1. The minimum Gasteiger partial charge on any atom is -0.361 e. The molecule has 23 heteroatoms. The van der Waals surface area contributed by atoms with Crippen LogP contribution in [0.15, 0.2) is 286 Å². The second kappa shape index (κ2) is 39.1. The summed E-state index contributed by atoms with van der Waals surface area (Å²) in [6.45, 7) is 7.53. The Morgan fingerprint density at radius 3 is 1.53 bits per heavy atom. The van der Waals surface area contributed by atoms with E-state index in [0.717, 1.165) is 62.1 Å². The predicted octanol–water partition coefficient (Wildman–Crippen LogP) is 21.9. The van der Waals surface area contributed by atoms with E-state index in [-0.39, 0.29) is 97.0 Å². The van der Waals surface area contributed by atoms with Crippen molar-refractivity contribution in [2.75, 3.05) is 7.05 Å². The van der Waals surface area contributed by atoms with E-state index in [1.807, 2.05) is 100 Å². The molecule has 0 aliphatic rings. The average molecular weight is 1680 g/mol. The van der Waals surface area contributed by atoms with Gasteiger partial charge < -0.3 is 30.5 Å². The van der Waals surface area contributed by atoms with Gasteiger partial charge in [0, 0.05) is 119 Å². The van der Waals surface area contributed by atoms with E-state index in [4.69, 9.17) is 4.98 Å². The van der Waals surface area contributed by atoms with Crippen molar-refractivity contribution in [1.29, 1.82) is 0 Å². The van der Waals surface area contributed by atoms with Gasteiger partial charge in [-0.05, 0) is 220 Å². The van der Waals surface area contributed by atoms with Crippen LogP contribution in [0, 0.1) is 58.9 Å². The van der Waals surface area contributed by atoms with Crippen molar-refractivity contribution >= 4 is 62.1 Å². The van der Waals surface area contributed by atoms with Crippen molar-refractivity contribution in [1.82, 2.24) is 50.4 Å². The van der Waals surface area contributed by atoms with Gasteiger partial charge in [0.15, 0.2) is 5.78 Å². The van der Waals surface area contributed by atoms with Crippen molar-refractivity contribution in [2.24, 2.45) is 5.41 Å². The van der Waals surface area contributed by atoms with E-state index in [2.05, 4.69) is 77.3 Å². The number of ketones is 2. The van der Waals surface area contributed by atoms with Gasteiger partial charge in [0.25, 0.3) is 5.91 Å². The number of carbonyl (C=O) groups is 5. The van der Waals surface area contributed by atoms with Crippen LogP contribution in [0.5, 0.6) is 0 Å². The molecule has 0 radical (unpaired) electrons. The number of para-hydroxylation sites is 2. The maximum atomic E-state index is 14.8. The van der Waals surface area contributed by atoms with Crippen LogP contribution < -0.4 is 16.0 Å². The molecule has 0 saturated carbocycles. The molecule has 16 aromatic rings. The third kappa shape index (κ3) is 22.2.